The van der Waals surface area contributed by atoms with E-state index in [1.54, 1.807) is 31.4 Å². The van der Waals surface area contributed by atoms with E-state index in [1.165, 1.54) is 5.56 Å². The molecule has 0 saturated carbocycles. The minimum Gasteiger partial charge on any atom is -0.497 e. The predicted octanol–water partition coefficient (Wildman–Crippen LogP) is 3.44. The number of carbonyl (C=O) groups excluding carboxylic acids is 1. The third-order valence-electron chi connectivity index (χ3n) is 5.80. The Morgan fingerprint density at radius 2 is 1.77 bits per heavy atom. The first kappa shape index (κ1) is 19.1. The minimum atomic E-state index is -0.149. The molecule has 31 heavy (non-hydrogen) atoms. The summed E-state index contributed by atoms with van der Waals surface area (Å²) < 4.78 is 9.14. The standard InChI is InChI=1S/C25H22N4O2/c1-31-21-13-11-18(12-14-21)25(30)27-24-22-10-6-5-7-19(22)15-23(24)28-16-26-29(17-28)20-8-3-2-4-9-20/h2-14,16-17,23-24H,15H2,1H3/p+1/t23-,24-/m1/s1. The Morgan fingerprint density at radius 3 is 2.55 bits per heavy atom. The van der Waals surface area contributed by atoms with Gasteiger partial charge in [0.2, 0.25) is 6.33 Å². The van der Waals surface area contributed by atoms with E-state index in [0.29, 0.717) is 5.56 Å². The van der Waals surface area contributed by atoms with Crippen LogP contribution in [0.5, 0.6) is 5.75 Å². The van der Waals surface area contributed by atoms with Gasteiger partial charge < -0.3 is 10.1 Å². The second-order valence-electron chi connectivity index (χ2n) is 7.62. The number of rotatable bonds is 5. The van der Waals surface area contributed by atoms with Gasteiger partial charge in [-0.15, -0.1) is 0 Å². The van der Waals surface area contributed by atoms with Gasteiger partial charge in [0.1, 0.15) is 17.5 Å². The summed E-state index contributed by atoms with van der Waals surface area (Å²) in [5.74, 6) is 0.620. The van der Waals surface area contributed by atoms with Crippen molar-refractivity contribution in [2.45, 2.75) is 18.5 Å². The topological polar surface area (TPSA) is 60.0 Å². The summed E-state index contributed by atoms with van der Waals surface area (Å²) in [7, 11) is 1.61. The highest BCUT2D eigenvalue weighted by Gasteiger charge is 2.37. The van der Waals surface area contributed by atoms with Gasteiger partial charge in [-0.1, -0.05) is 47.1 Å². The molecule has 0 unspecified atom stereocenters. The fraction of sp³-hybridized carbons (Fsp3) is 0.160. The Balaban J connectivity index is 1.44. The van der Waals surface area contributed by atoms with E-state index in [0.717, 1.165) is 23.4 Å². The molecule has 0 fully saturated rings. The number of aromatic nitrogens is 3. The van der Waals surface area contributed by atoms with Gasteiger partial charge in [-0.05, 0) is 47.5 Å². The van der Waals surface area contributed by atoms with E-state index in [9.17, 15) is 4.79 Å². The Kier molecular flexibility index (Phi) is 4.96. The van der Waals surface area contributed by atoms with Gasteiger partial charge in [0.05, 0.1) is 13.2 Å². The monoisotopic (exact) mass is 411 g/mol. The van der Waals surface area contributed by atoms with Crippen LogP contribution in [0.15, 0.2) is 91.5 Å². The van der Waals surface area contributed by atoms with Gasteiger partial charge in [0.15, 0.2) is 0 Å². The van der Waals surface area contributed by atoms with Gasteiger partial charge in [-0.2, -0.15) is 0 Å². The number of fused-ring (bicyclic) bond motifs is 1. The summed E-state index contributed by atoms with van der Waals surface area (Å²) in [4.78, 5) is 13.0. The first-order valence-electron chi connectivity index (χ1n) is 10.3. The number of methoxy groups -OCH3 is 1. The molecular weight excluding hydrogens is 388 g/mol. The SMILES string of the molecule is COc1ccc(C(=O)N[C@@H]2c3ccccc3C[C@H]2[n+]2cnn(-c3ccccc3)c2)cc1. The minimum absolute atomic E-state index is 0.0389. The van der Waals surface area contributed by atoms with Crippen LogP contribution in [-0.4, -0.2) is 22.8 Å². The number of benzene rings is 3. The summed E-state index contributed by atoms with van der Waals surface area (Å²) >= 11 is 0. The molecule has 6 heteroatoms. The summed E-state index contributed by atoms with van der Waals surface area (Å²) in [6.45, 7) is 0. The number of carbonyl (C=O) groups is 1. The lowest BCUT2D eigenvalue weighted by molar-refractivity contribution is -0.725. The largest absolute Gasteiger partial charge is 0.497 e. The Morgan fingerprint density at radius 1 is 1.03 bits per heavy atom. The predicted molar refractivity (Wildman–Crippen MR) is 116 cm³/mol. The number of nitrogens with zero attached hydrogens (tertiary/aromatic N) is 3. The van der Waals surface area contributed by atoms with Crippen molar-refractivity contribution in [3.63, 3.8) is 0 Å². The van der Waals surface area contributed by atoms with Crippen LogP contribution in [0.3, 0.4) is 0 Å². The fourth-order valence-corrected chi connectivity index (χ4v) is 4.18. The highest BCUT2D eigenvalue weighted by molar-refractivity contribution is 5.94. The van der Waals surface area contributed by atoms with Crippen molar-refractivity contribution in [2.75, 3.05) is 7.11 Å². The number of hydrogen-bond acceptors (Lipinski definition) is 3. The zero-order chi connectivity index (χ0) is 21.2. The third-order valence-corrected chi connectivity index (χ3v) is 5.80. The van der Waals surface area contributed by atoms with Crippen molar-refractivity contribution in [3.05, 3.63) is 108 Å². The van der Waals surface area contributed by atoms with Crippen LogP contribution in [0, 0.1) is 0 Å². The quantitative estimate of drug-likeness (QED) is 0.512. The van der Waals surface area contributed by atoms with Crippen LogP contribution in [0.2, 0.25) is 0 Å². The van der Waals surface area contributed by atoms with Crippen molar-refractivity contribution >= 4 is 5.91 Å². The Hall–Kier alpha value is -3.93. The molecule has 4 aromatic rings. The molecule has 1 aliphatic rings. The van der Waals surface area contributed by atoms with Crippen LogP contribution >= 0.6 is 0 Å². The zero-order valence-corrected chi connectivity index (χ0v) is 17.2. The molecule has 3 aromatic carbocycles. The summed E-state index contributed by atoms with van der Waals surface area (Å²) in [6.07, 6.45) is 4.64. The van der Waals surface area contributed by atoms with Crippen molar-refractivity contribution in [1.82, 2.24) is 15.1 Å². The molecule has 1 N–H and O–H groups in total. The van der Waals surface area contributed by atoms with E-state index in [4.69, 9.17) is 4.74 Å². The lowest BCUT2D eigenvalue weighted by Crippen LogP contribution is -2.45. The second-order valence-corrected chi connectivity index (χ2v) is 7.62. The molecule has 0 aliphatic heterocycles. The van der Waals surface area contributed by atoms with Gasteiger partial charge in [-0.25, -0.2) is 4.57 Å². The van der Waals surface area contributed by atoms with Crippen LogP contribution in [0.1, 0.15) is 33.6 Å². The smallest absolute Gasteiger partial charge is 0.265 e. The highest BCUT2D eigenvalue weighted by atomic mass is 16.5. The van der Waals surface area contributed by atoms with Crippen molar-refractivity contribution in [2.24, 2.45) is 0 Å². The second kappa shape index (κ2) is 8.07. The molecule has 2 atom stereocenters. The van der Waals surface area contributed by atoms with Gasteiger partial charge in [0, 0.05) is 17.1 Å². The molecule has 5 rings (SSSR count). The molecule has 0 spiro atoms. The molecule has 0 radical (unpaired) electrons. The summed E-state index contributed by atoms with van der Waals surface area (Å²) in [5, 5.41) is 7.79. The normalized spacial score (nSPS) is 17.2. The van der Waals surface area contributed by atoms with Gasteiger partial charge >= 0.3 is 0 Å². The number of para-hydroxylation sites is 1. The first-order chi connectivity index (χ1) is 15.2. The molecule has 0 bridgehead atoms. The number of amides is 1. The lowest BCUT2D eigenvalue weighted by atomic mass is 10.1. The van der Waals surface area contributed by atoms with E-state index < -0.39 is 0 Å². The average molecular weight is 411 g/mol. The van der Waals surface area contributed by atoms with Crippen molar-refractivity contribution in [1.29, 1.82) is 0 Å². The molecule has 1 amide bonds. The Bertz CT molecular complexity index is 1200. The Labute approximate surface area is 180 Å². The van der Waals surface area contributed by atoms with E-state index in [-0.39, 0.29) is 18.0 Å². The molecule has 6 nitrogen and oxygen atoms in total. The molecule has 1 aliphatic carbocycles. The molecule has 1 aromatic heterocycles. The van der Waals surface area contributed by atoms with E-state index >= 15 is 0 Å². The first-order valence-corrected chi connectivity index (χ1v) is 10.3. The van der Waals surface area contributed by atoms with Crippen LogP contribution in [0.4, 0.5) is 0 Å². The van der Waals surface area contributed by atoms with Crippen molar-refractivity contribution < 1.29 is 14.1 Å². The van der Waals surface area contributed by atoms with Gasteiger partial charge in [-0.3, -0.25) is 4.79 Å². The van der Waals surface area contributed by atoms with Crippen LogP contribution in [-0.2, 0) is 6.42 Å². The molecule has 154 valence electrons. The summed E-state index contributed by atoms with van der Waals surface area (Å²) in [6, 6.07) is 25.3. The maximum atomic E-state index is 13.0. The van der Waals surface area contributed by atoms with Crippen LogP contribution < -0.4 is 14.6 Å². The molecular formula is C25H23N4O2+. The maximum absolute atomic E-state index is 13.0. The zero-order valence-electron chi connectivity index (χ0n) is 17.2. The number of hydrogen-bond donors (Lipinski definition) is 1. The van der Waals surface area contributed by atoms with E-state index in [2.05, 4.69) is 27.1 Å². The lowest BCUT2D eigenvalue weighted by Gasteiger charge is -2.20. The average Bonchev–Trinajstić information content (AvgIpc) is 3.45. The maximum Gasteiger partial charge on any atom is 0.265 e. The van der Waals surface area contributed by atoms with Crippen LogP contribution in [0.25, 0.3) is 5.69 Å². The fourth-order valence-electron chi connectivity index (χ4n) is 4.18. The summed E-state index contributed by atoms with van der Waals surface area (Å²) in [5.41, 5.74) is 3.99. The van der Waals surface area contributed by atoms with Gasteiger partial charge in [0.25, 0.3) is 12.2 Å². The van der Waals surface area contributed by atoms with E-state index in [1.807, 2.05) is 59.8 Å². The number of nitrogens with one attached hydrogen (secondary N) is 1. The third kappa shape index (κ3) is 3.68. The molecule has 1 heterocycles. The number of ether oxygens (including phenoxy) is 1. The highest BCUT2D eigenvalue weighted by Crippen LogP contribution is 2.36. The van der Waals surface area contributed by atoms with Crippen molar-refractivity contribution in [3.8, 4) is 11.4 Å². The molecule has 0 saturated heterocycles.